The van der Waals surface area contributed by atoms with Crippen LogP contribution < -0.4 is 0 Å². The van der Waals surface area contributed by atoms with Gasteiger partial charge in [0.25, 0.3) is 0 Å². The fourth-order valence-electron chi connectivity index (χ4n) is 2.07. The minimum absolute atomic E-state index is 0.285. The molecule has 0 aromatic heterocycles. The van der Waals surface area contributed by atoms with Gasteiger partial charge < -0.3 is 4.90 Å². The monoisotopic (exact) mass is 210 g/mol. The summed E-state index contributed by atoms with van der Waals surface area (Å²) < 4.78 is 0. The molecule has 86 valence electrons. The van der Waals surface area contributed by atoms with Gasteiger partial charge >= 0.3 is 0 Å². The zero-order valence-electron chi connectivity index (χ0n) is 10.1. The average molecular weight is 210 g/mol. The number of hydrogen-bond donors (Lipinski definition) is 0. The zero-order chi connectivity index (χ0) is 11.0. The van der Waals surface area contributed by atoms with E-state index in [1.807, 2.05) is 11.9 Å². The number of amides is 1. The summed E-state index contributed by atoms with van der Waals surface area (Å²) in [6.07, 6.45) is 5.09. The van der Waals surface area contributed by atoms with Crippen LogP contribution in [-0.4, -0.2) is 48.4 Å². The topological polar surface area (TPSA) is 23.6 Å². The van der Waals surface area contributed by atoms with Crippen LogP contribution >= 0.6 is 0 Å². The summed E-state index contributed by atoms with van der Waals surface area (Å²) in [6, 6.07) is 1.11. The second-order valence-electron chi connectivity index (χ2n) is 5.23. The fraction of sp³-hybridized carbons (Fsp3) is 0.917. The van der Waals surface area contributed by atoms with Gasteiger partial charge in [-0.05, 0) is 45.6 Å². The van der Waals surface area contributed by atoms with Crippen LogP contribution in [0.5, 0.6) is 0 Å². The van der Waals surface area contributed by atoms with Gasteiger partial charge in [-0.25, -0.2) is 0 Å². The van der Waals surface area contributed by atoms with Crippen molar-refractivity contribution in [1.82, 2.24) is 9.80 Å². The summed E-state index contributed by atoms with van der Waals surface area (Å²) >= 11 is 0. The minimum atomic E-state index is 0.285. The van der Waals surface area contributed by atoms with Crippen molar-refractivity contribution in [3.63, 3.8) is 0 Å². The molecule has 0 heterocycles. The van der Waals surface area contributed by atoms with Gasteiger partial charge in [0.15, 0.2) is 0 Å². The van der Waals surface area contributed by atoms with E-state index in [0.717, 1.165) is 5.92 Å². The molecule has 0 bridgehead atoms. The summed E-state index contributed by atoms with van der Waals surface area (Å²) in [4.78, 5) is 16.0. The van der Waals surface area contributed by atoms with Crippen molar-refractivity contribution in [2.75, 3.05) is 20.6 Å². The Morgan fingerprint density at radius 3 is 2.33 bits per heavy atom. The third-order valence-electron chi connectivity index (χ3n) is 3.87. The summed E-state index contributed by atoms with van der Waals surface area (Å²) in [5.74, 6) is 1.13. The molecule has 3 heteroatoms. The molecule has 0 aromatic rings. The van der Waals surface area contributed by atoms with Crippen LogP contribution in [0.1, 0.15) is 32.6 Å². The lowest BCUT2D eigenvalue weighted by molar-refractivity contribution is -0.131. The van der Waals surface area contributed by atoms with Crippen molar-refractivity contribution < 1.29 is 4.79 Å². The molecular weight excluding hydrogens is 188 g/mol. The van der Waals surface area contributed by atoms with Crippen LogP contribution in [-0.2, 0) is 4.79 Å². The molecule has 2 aliphatic carbocycles. The van der Waals surface area contributed by atoms with Gasteiger partial charge in [-0.3, -0.25) is 9.69 Å². The minimum Gasteiger partial charge on any atom is -0.342 e. The van der Waals surface area contributed by atoms with Crippen LogP contribution in [0.15, 0.2) is 0 Å². The van der Waals surface area contributed by atoms with E-state index in [4.69, 9.17) is 0 Å². The van der Waals surface area contributed by atoms with Gasteiger partial charge in [-0.1, -0.05) is 0 Å². The molecule has 2 fully saturated rings. The molecule has 1 amide bonds. The molecule has 1 atom stereocenters. The molecule has 2 aliphatic rings. The third-order valence-corrected chi connectivity index (χ3v) is 3.87. The summed E-state index contributed by atoms with van der Waals surface area (Å²) in [6.45, 7) is 2.83. The molecule has 0 N–H and O–H groups in total. The molecule has 15 heavy (non-hydrogen) atoms. The van der Waals surface area contributed by atoms with Crippen LogP contribution in [0.2, 0.25) is 0 Å². The normalized spacial score (nSPS) is 22.9. The van der Waals surface area contributed by atoms with Crippen molar-refractivity contribution in [2.24, 2.45) is 5.92 Å². The van der Waals surface area contributed by atoms with E-state index in [1.165, 1.54) is 25.7 Å². The molecule has 3 nitrogen and oxygen atoms in total. The fourth-order valence-corrected chi connectivity index (χ4v) is 2.07. The van der Waals surface area contributed by atoms with Gasteiger partial charge in [-0.2, -0.15) is 0 Å². The molecule has 0 aliphatic heterocycles. The molecule has 0 spiro atoms. The van der Waals surface area contributed by atoms with Gasteiger partial charge in [0.2, 0.25) is 5.91 Å². The quantitative estimate of drug-likeness (QED) is 0.683. The standard InChI is InChI=1S/C12H22N2O/c1-9(10-4-5-10)13(2)8-12(15)14(3)11-6-7-11/h9-11H,4-8H2,1-3H3/t9-/m0/s1. The Morgan fingerprint density at radius 1 is 1.27 bits per heavy atom. The predicted molar refractivity (Wildman–Crippen MR) is 60.6 cm³/mol. The highest BCUT2D eigenvalue weighted by atomic mass is 16.2. The van der Waals surface area contributed by atoms with Gasteiger partial charge in [0.05, 0.1) is 6.54 Å². The van der Waals surface area contributed by atoms with Gasteiger partial charge in [-0.15, -0.1) is 0 Å². The van der Waals surface area contributed by atoms with Crippen molar-refractivity contribution in [1.29, 1.82) is 0 Å². The van der Waals surface area contributed by atoms with Crippen molar-refractivity contribution in [3.05, 3.63) is 0 Å². The number of rotatable bonds is 5. The maximum Gasteiger partial charge on any atom is 0.236 e. The first-order chi connectivity index (χ1) is 7.09. The smallest absolute Gasteiger partial charge is 0.236 e. The van der Waals surface area contributed by atoms with Crippen molar-refractivity contribution >= 4 is 5.91 Å². The Bertz CT molecular complexity index is 246. The van der Waals surface area contributed by atoms with Crippen LogP contribution in [0, 0.1) is 5.92 Å². The molecule has 0 aromatic carbocycles. The van der Waals surface area contributed by atoms with E-state index in [9.17, 15) is 4.79 Å². The highest BCUT2D eigenvalue weighted by Crippen LogP contribution is 2.34. The lowest BCUT2D eigenvalue weighted by atomic mass is 10.2. The van der Waals surface area contributed by atoms with Crippen LogP contribution in [0.25, 0.3) is 0 Å². The highest BCUT2D eigenvalue weighted by Gasteiger charge is 2.33. The number of nitrogens with zero attached hydrogens (tertiary/aromatic N) is 2. The first kappa shape index (κ1) is 10.9. The maximum atomic E-state index is 11.9. The Hall–Kier alpha value is -0.570. The maximum absolute atomic E-state index is 11.9. The number of hydrogen-bond acceptors (Lipinski definition) is 2. The van der Waals surface area contributed by atoms with Crippen molar-refractivity contribution in [3.8, 4) is 0 Å². The number of carbonyl (C=O) groups excluding carboxylic acids is 1. The van der Waals surface area contributed by atoms with E-state index >= 15 is 0 Å². The molecule has 0 unspecified atom stereocenters. The van der Waals surface area contributed by atoms with Gasteiger partial charge in [0, 0.05) is 19.1 Å². The first-order valence-corrected chi connectivity index (χ1v) is 6.05. The highest BCUT2D eigenvalue weighted by molar-refractivity contribution is 5.78. The SMILES string of the molecule is C[C@@H](C1CC1)N(C)CC(=O)N(C)C1CC1. The second-order valence-corrected chi connectivity index (χ2v) is 5.23. The Morgan fingerprint density at radius 2 is 1.87 bits per heavy atom. The van der Waals surface area contributed by atoms with E-state index in [1.54, 1.807) is 0 Å². The van der Waals surface area contributed by atoms with E-state index in [2.05, 4.69) is 18.9 Å². The lowest BCUT2D eigenvalue weighted by Gasteiger charge is -2.26. The summed E-state index contributed by atoms with van der Waals surface area (Å²) in [7, 11) is 4.01. The Balaban J connectivity index is 1.76. The van der Waals surface area contributed by atoms with Gasteiger partial charge in [0.1, 0.15) is 0 Å². The van der Waals surface area contributed by atoms with Crippen LogP contribution in [0.4, 0.5) is 0 Å². The number of carbonyl (C=O) groups is 1. The van der Waals surface area contributed by atoms with E-state index < -0.39 is 0 Å². The van der Waals surface area contributed by atoms with Crippen LogP contribution in [0.3, 0.4) is 0 Å². The Kier molecular flexibility index (Phi) is 3.01. The molecule has 0 radical (unpaired) electrons. The summed E-state index contributed by atoms with van der Waals surface area (Å²) in [5.41, 5.74) is 0. The largest absolute Gasteiger partial charge is 0.342 e. The van der Waals surface area contributed by atoms with E-state index in [0.29, 0.717) is 18.6 Å². The molecule has 2 rings (SSSR count). The zero-order valence-corrected chi connectivity index (χ0v) is 10.1. The first-order valence-electron chi connectivity index (χ1n) is 6.05. The molecular formula is C12H22N2O. The lowest BCUT2D eigenvalue weighted by Crippen LogP contribution is -2.41. The third kappa shape index (κ3) is 2.71. The predicted octanol–water partition coefficient (Wildman–Crippen LogP) is 1.34. The molecule has 2 saturated carbocycles. The molecule has 0 saturated heterocycles. The van der Waals surface area contributed by atoms with E-state index in [-0.39, 0.29) is 5.91 Å². The Labute approximate surface area is 92.4 Å². The van der Waals surface area contributed by atoms with Crippen molar-refractivity contribution in [2.45, 2.75) is 44.7 Å². The average Bonchev–Trinajstić information content (AvgIpc) is 3.05. The second kappa shape index (κ2) is 4.12. The summed E-state index contributed by atoms with van der Waals surface area (Å²) in [5, 5.41) is 0. The number of likely N-dealkylation sites (N-methyl/N-ethyl adjacent to an activating group) is 2.